The first-order valence-corrected chi connectivity index (χ1v) is 4.64. The van der Waals surface area contributed by atoms with Crippen molar-refractivity contribution >= 4 is 5.91 Å². The molecule has 1 amide bonds. The van der Waals surface area contributed by atoms with Crippen LogP contribution in [0.3, 0.4) is 0 Å². The Balaban J connectivity index is 2.33. The Morgan fingerprint density at radius 2 is 1.59 bits per heavy atom. The third-order valence-electron chi connectivity index (χ3n) is 1.44. The summed E-state index contributed by atoms with van der Waals surface area (Å²) >= 11 is 0. The highest BCUT2D eigenvalue weighted by Crippen LogP contribution is 2.05. The maximum atomic E-state index is 10.5. The third-order valence-corrected chi connectivity index (χ3v) is 1.44. The Labute approximate surface area is 101 Å². The van der Waals surface area contributed by atoms with Crippen molar-refractivity contribution in [3.8, 4) is 59.2 Å². The number of rotatable bonds is 1. The van der Waals surface area contributed by atoms with Gasteiger partial charge in [-0.1, -0.05) is 12.1 Å². The van der Waals surface area contributed by atoms with Gasteiger partial charge in [0.2, 0.25) is 5.91 Å². The molecule has 0 bridgehead atoms. The lowest BCUT2D eigenvalue weighted by Gasteiger charge is -1.86. The molecule has 1 fully saturated rings. The highest BCUT2D eigenvalue weighted by Gasteiger charge is 2.24. The van der Waals surface area contributed by atoms with Gasteiger partial charge in [-0.15, -0.1) is 5.92 Å². The number of carbonyl (C=O) groups excluding carboxylic acids is 1. The zero-order valence-corrected chi connectivity index (χ0v) is 9.14. The second-order valence-electron chi connectivity index (χ2n) is 2.67. The molecule has 2 heteroatoms. The first kappa shape index (κ1) is 12.1. The van der Waals surface area contributed by atoms with Crippen LogP contribution < -0.4 is 0 Å². The van der Waals surface area contributed by atoms with Gasteiger partial charge in [-0.25, -0.2) is 5.92 Å². The fraction of sp³-hybridized carbons (Fsp3) is 0.133. The van der Waals surface area contributed by atoms with E-state index in [4.69, 9.17) is 0 Å². The zero-order chi connectivity index (χ0) is 12.3. The molecule has 0 radical (unpaired) electrons. The van der Waals surface area contributed by atoms with Crippen molar-refractivity contribution in [1.29, 1.82) is 0 Å². The van der Waals surface area contributed by atoms with E-state index in [1.807, 2.05) is 0 Å². The van der Waals surface area contributed by atoms with Crippen LogP contribution in [0.4, 0.5) is 0 Å². The topological polar surface area (TPSA) is 20.1 Å². The first-order chi connectivity index (χ1) is 8.34. The van der Waals surface area contributed by atoms with E-state index in [0.717, 1.165) is 0 Å². The molecule has 0 unspecified atom stereocenters. The molecule has 1 heterocycles. The Morgan fingerprint density at radius 3 is 2.12 bits per heavy atom. The van der Waals surface area contributed by atoms with Crippen LogP contribution in [0.5, 0.6) is 0 Å². The van der Waals surface area contributed by atoms with Gasteiger partial charge in [0.15, 0.2) is 0 Å². The van der Waals surface area contributed by atoms with Crippen LogP contribution in [-0.4, -0.2) is 17.4 Å². The van der Waals surface area contributed by atoms with Gasteiger partial charge in [-0.3, -0.25) is 10.7 Å². The van der Waals surface area contributed by atoms with Gasteiger partial charge in [0.25, 0.3) is 0 Å². The van der Waals surface area contributed by atoms with Crippen molar-refractivity contribution in [3.63, 3.8) is 0 Å². The van der Waals surface area contributed by atoms with Crippen LogP contribution in [0.1, 0.15) is 6.92 Å². The van der Waals surface area contributed by atoms with E-state index in [0.29, 0.717) is 6.54 Å². The van der Waals surface area contributed by atoms with Crippen LogP contribution >= 0.6 is 0 Å². The second-order valence-corrected chi connectivity index (χ2v) is 2.67. The summed E-state index contributed by atoms with van der Waals surface area (Å²) in [6.07, 6.45) is 4.12. The number of hydrogen-bond donors (Lipinski definition) is 0. The largest absolute Gasteiger partial charge is 0.326 e. The number of amides is 1. The van der Waals surface area contributed by atoms with Crippen LogP contribution in [0.25, 0.3) is 0 Å². The fourth-order valence-corrected chi connectivity index (χ4v) is 0.656. The fourth-order valence-electron chi connectivity index (χ4n) is 0.656. The van der Waals surface area contributed by atoms with E-state index >= 15 is 0 Å². The summed E-state index contributed by atoms with van der Waals surface area (Å²) in [5.74, 6) is 25.4. The van der Waals surface area contributed by atoms with E-state index in [2.05, 4.69) is 65.3 Å². The number of hydrogen-bond acceptors (Lipinski definition) is 1. The molecule has 0 saturated carbocycles. The highest BCUT2D eigenvalue weighted by molar-refractivity contribution is 5.93. The summed E-state index contributed by atoms with van der Waals surface area (Å²) in [6, 6.07) is 0. The Hall–Kier alpha value is -2.99. The molecule has 1 aliphatic heterocycles. The van der Waals surface area contributed by atoms with Gasteiger partial charge >= 0.3 is 0 Å². The number of allylic oxidation sites excluding steroid dienone is 1. The van der Waals surface area contributed by atoms with Crippen LogP contribution in [-0.2, 0) is 4.79 Å². The molecule has 0 aromatic heterocycles. The molecule has 0 N–H and O–H groups in total. The van der Waals surface area contributed by atoms with Crippen molar-refractivity contribution in [2.45, 2.75) is 6.92 Å². The SMILES string of the molecule is CC#CC#CC#CC#CC#C[C-]=CN1CC1=O. The lowest BCUT2D eigenvalue weighted by molar-refractivity contribution is -0.112. The second kappa shape index (κ2) is 7.32. The molecule has 0 spiro atoms. The number of carbonyl (C=O) groups is 1. The minimum atomic E-state index is 0.0741. The normalized spacial score (nSPS) is 10.2. The molecule has 1 rings (SSSR count). The molecule has 1 saturated heterocycles. The quantitative estimate of drug-likeness (QED) is 0.348. The van der Waals surface area contributed by atoms with Crippen molar-refractivity contribution in [3.05, 3.63) is 12.3 Å². The summed E-state index contributed by atoms with van der Waals surface area (Å²) < 4.78 is 0. The highest BCUT2D eigenvalue weighted by atomic mass is 16.2. The summed E-state index contributed by atoms with van der Waals surface area (Å²) in [5, 5.41) is 0. The van der Waals surface area contributed by atoms with Gasteiger partial charge in [0, 0.05) is 0 Å². The standard InChI is InChI=1S/C15H6NO/c1-2-3-4-5-6-7-8-9-10-11-12-13-16-14-15(16)17/h13H,14H2,1H3/q-1. The van der Waals surface area contributed by atoms with E-state index < -0.39 is 0 Å². The van der Waals surface area contributed by atoms with Crippen LogP contribution in [0, 0.1) is 65.3 Å². The van der Waals surface area contributed by atoms with Crippen molar-refractivity contribution in [1.82, 2.24) is 4.90 Å². The van der Waals surface area contributed by atoms with Crippen molar-refractivity contribution < 1.29 is 4.79 Å². The molecule has 0 aromatic carbocycles. The average Bonchev–Trinajstić information content (AvgIpc) is 3.02. The van der Waals surface area contributed by atoms with Gasteiger partial charge in [0.1, 0.15) is 6.54 Å². The molecule has 17 heavy (non-hydrogen) atoms. The zero-order valence-electron chi connectivity index (χ0n) is 9.14. The summed E-state index contributed by atoms with van der Waals surface area (Å²) in [6.45, 7) is 2.15. The maximum Gasteiger partial charge on any atom is 0.245 e. The average molecular weight is 216 g/mol. The molecule has 0 atom stereocenters. The summed E-state index contributed by atoms with van der Waals surface area (Å²) in [5.41, 5.74) is 0. The lowest BCUT2D eigenvalue weighted by Crippen LogP contribution is -1.81. The molecule has 1 aliphatic rings. The Bertz CT molecular complexity index is 640. The van der Waals surface area contributed by atoms with Gasteiger partial charge in [-0.2, -0.15) is 6.08 Å². The Kier molecular flexibility index (Phi) is 5.20. The Morgan fingerprint density at radius 1 is 1.06 bits per heavy atom. The molecule has 0 aromatic rings. The molecular formula is C15H6NO-. The van der Waals surface area contributed by atoms with E-state index in [1.165, 1.54) is 11.1 Å². The van der Waals surface area contributed by atoms with Crippen molar-refractivity contribution in [2.75, 3.05) is 6.54 Å². The summed E-state index contributed by atoms with van der Waals surface area (Å²) in [4.78, 5) is 12.0. The minimum Gasteiger partial charge on any atom is -0.326 e. The van der Waals surface area contributed by atoms with Crippen LogP contribution in [0.2, 0.25) is 0 Å². The van der Waals surface area contributed by atoms with E-state index in [-0.39, 0.29) is 5.91 Å². The molecular weight excluding hydrogens is 210 g/mol. The smallest absolute Gasteiger partial charge is 0.245 e. The van der Waals surface area contributed by atoms with E-state index in [1.54, 1.807) is 6.92 Å². The monoisotopic (exact) mass is 216 g/mol. The first-order valence-electron chi connectivity index (χ1n) is 4.64. The maximum absolute atomic E-state index is 10.5. The van der Waals surface area contributed by atoms with Crippen LogP contribution in [0.15, 0.2) is 6.20 Å². The van der Waals surface area contributed by atoms with Gasteiger partial charge in [-0.05, 0) is 42.4 Å². The minimum absolute atomic E-state index is 0.0741. The number of nitrogens with zero attached hydrogens (tertiary/aromatic N) is 1. The third kappa shape index (κ3) is 6.15. The van der Waals surface area contributed by atoms with E-state index in [9.17, 15) is 4.79 Å². The predicted octanol–water partition coefficient (Wildman–Crippen LogP) is 0.182. The molecule has 2 nitrogen and oxygen atoms in total. The molecule has 0 aliphatic carbocycles. The summed E-state index contributed by atoms with van der Waals surface area (Å²) in [7, 11) is 0. The van der Waals surface area contributed by atoms with Crippen molar-refractivity contribution in [2.24, 2.45) is 0 Å². The lowest BCUT2D eigenvalue weighted by atomic mass is 10.5. The van der Waals surface area contributed by atoms with Gasteiger partial charge < -0.3 is 4.90 Å². The predicted molar refractivity (Wildman–Crippen MR) is 64.1 cm³/mol. The molecule has 78 valence electrons. The van der Waals surface area contributed by atoms with Gasteiger partial charge in [0.05, 0.1) is 0 Å².